The van der Waals surface area contributed by atoms with Gasteiger partial charge in [-0.3, -0.25) is 0 Å². The lowest BCUT2D eigenvalue weighted by atomic mass is 10.1. The van der Waals surface area contributed by atoms with Gasteiger partial charge < -0.3 is 20.3 Å². The van der Waals surface area contributed by atoms with Crippen LogP contribution in [-0.4, -0.2) is 45.4 Å². The van der Waals surface area contributed by atoms with Gasteiger partial charge in [0.1, 0.15) is 0 Å². The van der Waals surface area contributed by atoms with Crippen LogP contribution in [0.2, 0.25) is 0 Å². The number of alkyl halides is 3. The summed E-state index contributed by atoms with van der Waals surface area (Å²) in [4.78, 5) is 6.15. The zero-order chi connectivity index (χ0) is 19.0. The summed E-state index contributed by atoms with van der Waals surface area (Å²) in [6.07, 6.45) is -2.77. The molecular formula is C18H25F3N4O. The molecule has 2 rings (SSSR count). The van der Waals surface area contributed by atoms with E-state index in [1.54, 1.807) is 12.1 Å². The van der Waals surface area contributed by atoms with E-state index in [-0.39, 0.29) is 12.1 Å². The number of halogens is 3. The van der Waals surface area contributed by atoms with Crippen molar-refractivity contribution in [1.82, 2.24) is 10.6 Å². The van der Waals surface area contributed by atoms with E-state index in [1.165, 1.54) is 12.1 Å². The molecule has 1 aromatic rings. The summed E-state index contributed by atoms with van der Waals surface area (Å²) < 4.78 is 45.9. The highest BCUT2D eigenvalue weighted by Gasteiger charge is 2.34. The van der Waals surface area contributed by atoms with Gasteiger partial charge >= 0.3 is 6.18 Å². The molecule has 2 N–H and O–H groups in total. The zero-order valence-corrected chi connectivity index (χ0v) is 14.9. The van der Waals surface area contributed by atoms with Crippen molar-refractivity contribution >= 4 is 11.6 Å². The van der Waals surface area contributed by atoms with Crippen LogP contribution in [0.1, 0.15) is 18.1 Å². The normalized spacial score (nSPS) is 15.7. The van der Waals surface area contributed by atoms with Gasteiger partial charge in [0.2, 0.25) is 0 Å². The lowest BCUT2D eigenvalue weighted by Gasteiger charge is -2.29. The number of rotatable bonds is 6. The van der Waals surface area contributed by atoms with Gasteiger partial charge in [-0.25, -0.2) is 4.99 Å². The van der Waals surface area contributed by atoms with Crippen LogP contribution in [0.25, 0.3) is 0 Å². The Hall–Kier alpha value is -2.22. The maximum atomic E-state index is 13.5. The number of ether oxygens (including phenoxy) is 1. The summed E-state index contributed by atoms with van der Waals surface area (Å²) in [7, 11) is 0. The number of guanidine groups is 1. The SMILES string of the molecule is C=CCNC(=NCc1ccc(N2CCOCC2)cc1C(F)(F)F)NCC. The van der Waals surface area contributed by atoms with Crippen LogP contribution in [0, 0.1) is 0 Å². The molecule has 1 aliphatic rings. The van der Waals surface area contributed by atoms with Gasteiger partial charge in [0, 0.05) is 31.9 Å². The molecule has 0 saturated carbocycles. The van der Waals surface area contributed by atoms with Crippen LogP contribution in [-0.2, 0) is 17.5 Å². The van der Waals surface area contributed by atoms with Gasteiger partial charge in [-0.05, 0) is 24.6 Å². The number of hydrogen-bond donors (Lipinski definition) is 2. The molecule has 0 radical (unpaired) electrons. The van der Waals surface area contributed by atoms with E-state index >= 15 is 0 Å². The van der Waals surface area contributed by atoms with Crippen molar-refractivity contribution in [1.29, 1.82) is 0 Å². The first kappa shape index (κ1) is 20.1. The molecule has 1 aliphatic heterocycles. The molecule has 0 atom stereocenters. The first-order chi connectivity index (χ1) is 12.5. The maximum absolute atomic E-state index is 13.5. The quantitative estimate of drug-likeness (QED) is 0.459. The van der Waals surface area contributed by atoms with Crippen molar-refractivity contribution in [3.05, 3.63) is 42.0 Å². The molecule has 0 unspecified atom stereocenters. The average molecular weight is 370 g/mol. The predicted molar refractivity (Wildman–Crippen MR) is 97.5 cm³/mol. The summed E-state index contributed by atoms with van der Waals surface area (Å²) in [5.41, 5.74) is 0.0557. The molecule has 5 nitrogen and oxygen atoms in total. The van der Waals surface area contributed by atoms with Gasteiger partial charge in [0.25, 0.3) is 0 Å². The van der Waals surface area contributed by atoms with Crippen molar-refractivity contribution in [2.24, 2.45) is 4.99 Å². The number of nitrogens with zero attached hydrogens (tertiary/aromatic N) is 2. The lowest BCUT2D eigenvalue weighted by Crippen LogP contribution is -2.37. The molecule has 0 bridgehead atoms. The Balaban J connectivity index is 2.24. The third-order valence-corrected chi connectivity index (χ3v) is 3.94. The molecule has 1 heterocycles. The molecule has 8 heteroatoms. The van der Waals surface area contributed by atoms with Crippen molar-refractivity contribution < 1.29 is 17.9 Å². The fraction of sp³-hybridized carbons (Fsp3) is 0.500. The van der Waals surface area contributed by atoms with E-state index in [9.17, 15) is 13.2 Å². The average Bonchev–Trinajstić information content (AvgIpc) is 2.64. The third kappa shape index (κ3) is 5.66. The topological polar surface area (TPSA) is 48.9 Å². The van der Waals surface area contributed by atoms with E-state index in [1.807, 2.05) is 11.8 Å². The minimum atomic E-state index is -4.43. The Kier molecular flexibility index (Phi) is 7.32. The summed E-state index contributed by atoms with van der Waals surface area (Å²) in [6, 6.07) is 4.43. The van der Waals surface area contributed by atoms with Crippen LogP contribution in [0.4, 0.5) is 18.9 Å². The van der Waals surface area contributed by atoms with Crippen LogP contribution >= 0.6 is 0 Å². The monoisotopic (exact) mass is 370 g/mol. The highest BCUT2D eigenvalue weighted by atomic mass is 19.4. The Labute approximate surface area is 151 Å². The first-order valence-electron chi connectivity index (χ1n) is 8.61. The Morgan fingerprint density at radius 3 is 2.65 bits per heavy atom. The smallest absolute Gasteiger partial charge is 0.378 e. The van der Waals surface area contributed by atoms with Crippen molar-refractivity contribution in [3.8, 4) is 0 Å². The fourth-order valence-corrected chi connectivity index (χ4v) is 2.66. The first-order valence-corrected chi connectivity index (χ1v) is 8.61. The summed E-state index contributed by atoms with van der Waals surface area (Å²) in [5.74, 6) is 0.456. The number of morpholine rings is 1. The third-order valence-electron chi connectivity index (χ3n) is 3.94. The van der Waals surface area contributed by atoms with Crippen LogP contribution < -0.4 is 15.5 Å². The molecule has 0 spiro atoms. The highest BCUT2D eigenvalue weighted by molar-refractivity contribution is 5.79. The molecule has 0 amide bonds. The Bertz CT molecular complexity index is 625. The molecule has 0 aliphatic carbocycles. The maximum Gasteiger partial charge on any atom is 0.416 e. The van der Waals surface area contributed by atoms with Gasteiger partial charge in [0.05, 0.1) is 25.3 Å². The molecule has 0 aromatic heterocycles. The molecule has 1 saturated heterocycles. The second-order valence-corrected chi connectivity index (χ2v) is 5.80. The number of benzene rings is 1. The number of nitrogens with one attached hydrogen (secondary N) is 2. The van der Waals surface area contributed by atoms with Crippen LogP contribution in [0.15, 0.2) is 35.8 Å². The van der Waals surface area contributed by atoms with Crippen molar-refractivity contribution in [2.45, 2.75) is 19.6 Å². The Morgan fingerprint density at radius 2 is 2.04 bits per heavy atom. The van der Waals surface area contributed by atoms with E-state index in [0.717, 1.165) is 0 Å². The summed E-state index contributed by atoms with van der Waals surface area (Å²) >= 11 is 0. The van der Waals surface area contributed by atoms with Crippen LogP contribution in [0.5, 0.6) is 0 Å². The number of anilines is 1. The van der Waals surface area contributed by atoms with Crippen LogP contribution in [0.3, 0.4) is 0 Å². The van der Waals surface area contributed by atoms with Gasteiger partial charge in [0.15, 0.2) is 5.96 Å². The number of hydrogen-bond acceptors (Lipinski definition) is 3. The standard InChI is InChI=1S/C18H25F3N4O/c1-3-7-23-17(22-4-2)24-13-14-5-6-15(12-16(14)18(19,20)21)25-8-10-26-11-9-25/h3,5-6,12H,1,4,7-11,13H2,2H3,(H2,22,23,24). The van der Waals surface area contributed by atoms with E-state index in [4.69, 9.17) is 4.74 Å². The molecule has 1 aromatic carbocycles. The van der Waals surface area contributed by atoms with E-state index < -0.39 is 11.7 Å². The minimum absolute atomic E-state index is 0.0648. The molecule has 1 fully saturated rings. The second-order valence-electron chi connectivity index (χ2n) is 5.80. The fourth-order valence-electron chi connectivity index (χ4n) is 2.66. The van der Waals surface area contributed by atoms with Gasteiger partial charge in [-0.1, -0.05) is 12.1 Å². The Morgan fingerprint density at radius 1 is 1.31 bits per heavy atom. The zero-order valence-electron chi connectivity index (χ0n) is 14.9. The number of aliphatic imine (C=N–C) groups is 1. The van der Waals surface area contributed by atoms with E-state index in [2.05, 4.69) is 22.2 Å². The van der Waals surface area contributed by atoms with Gasteiger partial charge in [-0.15, -0.1) is 6.58 Å². The van der Waals surface area contributed by atoms with Gasteiger partial charge in [-0.2, -0.15) is 13.2 Å². The molecule has 144 valence electrons. The minimum Gasteiger partial charge on any atom is -0.378 e. The summed E-state index contributed by atoms with van der Waals surface area (Å²) in [6.45, 7) is 8.75. The molecule has 26 heavy (non-hydrogen) atoms. The van der Waals surface area contributed by atoms with Crippen molar-refractivity contribution in [2.75, 3.05) is 44.3 Å². The second kappa shape index (κ2) is 9.47. The van der Waals surface area contributed by atoms with Crippen molar-refractivity contribution in [3.63, 3.8) is 0 Å². The lowest BCUT2D eigenvalue weighted by molar-refractivity contribution is -0.138. The molecular weight excluding hydrogens is 345 g/mol. The highest BCUT2D eigenvalue weighted by Crippen LogP contribution is 2.35. The van der Waals surface area contributed by atoms with E-state index in [0.29, 0.717) is 51.0 Å². The predicted octanol–water partition coefficient (Wildman–Crippen LogP) is 2.78. The summed E-state index contributed by atoms with van der Waals surface area (Å²) in [5, 5.41) is 5.98. The largest absolute Gasteiger partial charge is 0.416 e.